The molecular formula is C11H14N4O4. The molecule has 1 aliphatic rings. The predicted octanol–water partition coefficient (Wildman–Crippen LogP) is -1.18. The second kappa shape index (κ2) is 4.49. The number of aromatic nitrogens is 4. The van der Waals surface area contributed by atoms with Gasteiger partial charge in [0.25, 0.3) is 0 Å². The van der Waals surface area contributed by atoms with Crippen molar-refractivity contribution in [2.45, 2.75) is 31.3 Å². The molecule has 3 rings (SSSR count). The Hall–Kier alpha value is -1.61. The topological polar surface area (TPSA) is 124 Å². The van der Waals surface area contributed by atoms with Crippen LogP contribution in [-0.2, 0) is 4.74 Å². The summed E-state index contributed by atoms with van der Waals surface area (Å²) in [5, 5.41) is 29.0. The second-order valence-corrected chi connectivity index (χ2v) is 4.58. The molecule has 1 unspecified atom stereocenters. The van der Waals surface area contributed by atoms with Gasteiger partial charge in [0.1, 0.15) is 41.6 Å². The van der Waals surface area contributed by atoms with E-state index in [9.17, 15) is 15.3 Å². The molecule has 0 aliphatic carbocycles. The van der Waals surface area contributed by atoms with Crippen LogP contribution in [0.3, 0.4) is 0 Å². The van der Waals surface area contributed by atoms with Crippen molar-refractivity contribution in [3.63, 3.8) is 0 Å². The second-order valence-electron chi connectivity index (χ2n) is 4.58. The Labute approximate surface area is 108 Å². The number of nitrogens with zero attached hydrogens (tertiary/aromatic N) is 3. The van der Waals surface area contributed by atoms with Crippen molar-refractivity contribution >= 4 is 11.2 Å². The van der Waals surface area contributed by atoms with Crippen LogP contribution in [0.2, 0.25) is 0 Å². The number of aliphatic hydroxyl groups is 3. The molecule has 1 saturated heterocycles. The summed E-state index contributed by atoms with van der Waals surface area (Å²) in [6.45, 7) is 1.69. The Kier molecular flexibility index (Phi) is 2.94. The van der Waals surface area contributed by atoms with Crippen LogP contribution in [0.5, 0.6) is 0 Å². The fourth-order valence-electron chi connectivity index (χ4n) is 2.09. The number of hydrogen-bond donors (Lipinski definition) is 4. The number of ether oxygens (including phenoxy) is 1. The third kappa shape index (κ3) is 2.08. The molecule has 0 spiro atoms. The smallest absolute Gasteiger partial charge is 0.181 e. The molecule has 4 atom stereocenters. The number of H-pyrrole nitrogens is 1. The van der Waals surface area contributed by atoms with Gasteiger partial charge in [-0.1, -0.05) is 0 Å². The number of fused-ring (bicyclic) bond motifs is 1. The molecule has 0 bridgehead atoms. The average molecular weight is 266 g/mol. The molecule has 8 nitrogen and oxygen atoms in total. The van der Waals surface area contributed by atoms with Gasteiger partial charge in [-0.2, -0.15) is 0 Å². The van der Waals surface area contributed by atoms with E-state index >= 15 is 0 Å². The van der Waals surface area contributed by atoms with Crippen LogP contribution in [-0.4, -0.2) is 60.2 Å². The van der Waals surface area contributed by atoms with Crippen molar-refractivity contribution in [2.24, 2.45) is 0 Å². The Morgan fingerprint density at radius 2 is 2.05 bits per heavy atom. The van der Waals surface area contributed by atoms with E-state index in [0.717, 1.165) is 0 Å². The van der Waals surface area contributed by atoms with Crippen LogP contribution in [0.4, 0.5) is 0 Å². The molecule has 2 aromatic rings. The molecule has 0 radical (unpaired) electrons. The van der Waals surface area contributed by atoms with Crippen LogP contribution < -0.4 is 0 Å². The molecule has 1 fully saturated rings. The highest BCUT2D eigenvalue weighted by Gasteiger charge is 2.39. The quantitative estimate of drug-likeness (QED) is 0.512. The molecule has 19 heavy (non-hydrogen) atoms. The third-order valence-electron chi connectivity index (χ3n) is 3.15. The molecule has 0 aromatic carbocycles. The van der Waals surface area contributed by atoms with Crippen LogP contribution in [0.15, 0.2) is 6.20 Å². The first-order valence-electron chi connectivity index (χ1n) is 5.91. The minimum absolute atomic E-state index is 0.0648. The first-order chi connectivity index (χ1) is 9.06. The van der Waals surface area contributed by atoms with Gasteiger partial charge in [-0.3, -0.25) is 0 Å². The maximum atomic E-state index is 9.91. The molecule has 0 amide bonds. The Bertz CT molecular complexity index is 601. The fourth-order valence-corrected chi connectivity index (χ4v) is 2.09. The zero-order chi connectivity index (χ0) is 13.6. The molecule has 8 heteroatoms. The molecule has 4 N–H and O–H groups in total. The van der Waals surface area contributed by atoms with Crippen molar-refractivity contribution in [1.29, 1.82) is 0 Å². The van der Waals surface area contributed by atoms with E-state index in [0.29, 0.717) is 22.8 Å². The van der Waals surface area contributed by atoms with Gasteiger partial charge < -0.3 is 25.0 Å². The van der Waals surface area contributed by atoms with Crippen LogP contribution >= 0.6 is 0 Å². The van der Waals surface area contributed by atoms with Crippen molar-refractivity contribution in [3.8, 4) is 0 Å². The number of nitrogens with one attached hydrogen (secondary N) is 1. The van der Waals surface area contributed by atoms with Gasteiger partial charge in [-0.05, 0) is 6.92 Å². The van der Waals surface area contributed by atoms with Crippen molar-refractivity contribution in [2.75, 3.05) is 6.61 Å². The highest BCUT2D eigenvalue weighted by Crippen LogP contribution is 2.28. The lowest BCUT2D eigenvalue weighted by Crippen LogP contribution is -2.49. The summed E-state index contributed by atoms with van der Waals surface area (Å²) in [6, 6.07) is 0. The van der Waals surface area contributed by atoms with E-state index in [2.05, 4.69) is 19.9 Å². The summed E-state index contributed by atoms with van der Waals surface area (Å²) in [5.74, 6) is 0.944. The van der Waals surface area contributed by atoms with E-state index in [1.165, 1.54) is 0 Å². The number of aryl methyl sites for hydroxylation is 1. The van der Waals surface area contributed by atoms with Crippen LogP contribution in [0.1, 0.15) is 17.8 Å². The van der Waals surface area contributed by atoms with Gasteiger partial charge in [0.05, 0.1) is 12.8 Å². The summed E-state index contributed by atoms with van der Waals surface area (Å²) in [4.78, 5) is 15.4. The number of aliphatic hydroxyl groups excluding tert-OH is 3. The Morgan fingerprint density at radius 1 is 1.26 bits per heavy atom. The van der Waals surface area contributed by atoms with Gasteiger partial charge in [-0.15, -0.1) is 0 Å². The lowest BCUT2D eigenvalue weighted by molar-refractivity contribution is -0.191. The molecule has 3 heterocycles. The Balaban J connectivity index is 1.95. The molecular weight excluding hydrogens is 252 g/mol. The molecule has 2 aromatic heterocycles. The van der Waals surface area contributed by atoms with Crippen molar-refractivity contribution < 1.29 is 20.1 Å². The number of rotatable bonds is 1. The molecule has 0 saturated carbocycles. The van der Waals surface area contributed by atoms with Gasteiger partial charge >= 0.3 is 0 Å². The van der Waals surface area contributed by atoms with Crippen LogP contribution in [0, 0.1) is 6.92 Å². The highest BCUT2D eigenvalue weighted by molar-refractivity contribution is 5.69. The Morgan fingerprint density at radius 3 is 2.84 bits per heavy atom. The third-order valence-corrected chi connectivity index (χ3v) is 3.15. The van der Waals surface area contributed by atoms with Gasteiger partial charge in [-0.25, -0.2) is 15.0 Å². The van der Waals surface area contributed by atoms with Gasteiger partial charge in [0.2, 0.25) is 0 Å². The van der Waals surface area contributed by atoms with Gasteiger partial charge in [0, 0.05) is 0 Å². The average Bonchev–Trinajstić information content (AvgIpc) is 2.78. The van der Waals surface area contributed by atoms with E-state index in [-0.39, 0.29) is 6.61 Å². The monoisotopic (exact) mass is 266 g/mol. The SMILES string of the molecule is Cc1ncc2[nH]c(C3OC[C@@H](O)[C@H](O)[C@H]3O)nc2n1. The zero-order valence-corrected chi connectivity index (χ0v) is 10.2. The summed E-state index contributed by atoms with van der Waals surface area (Å²) < 4.78 is 5.32. The first-order valence-corrected chi connectivity index (χ1v) is 5.91. The van der Waals surface area contributed by atoms with Gasteiger partial charge in [0.15, 0.2) is 5.65 Å². The summed E-state index contributed by atoms with van der Waals surface area (Å²) in [7, 11) is 0. The highest BCUT2D eigenvalue weighted by atomic mass is 16.5. The van der Waals surface area contributed by atoms with E-state index in [1.807, 2.05) is 0 Å². The zero-order valence-electron chi connectivity index (χ0n) is 10.2. The lowest BCUT2D eigenvalue weighted by Gasteiger charge is -2.34. The summed E-state index contributed by atoms with van der Waals surface area (Å²) >= 11 is 0. The van der Waals surface area contributed by atoms with E-state index in [4.69, 9.17) is 4.74 Å². The maximum Gasteiger partial charge on any atom is 0.181 e. The van der Waals surface area contributed by atoms with E-state index < -0.39 is 24.4 Å². The summed E-state index contributed by atoms with van der Waals surface area (Å²) in [5.41, 5.74) is 1.09. The largest absolute Gasteiger partial charge is 0.388 e. The number of imidazole rings is 1. The van der Waals surface area contributed by atoms with Crippen molar-refractivity contribution in [3.05, 3.63) is 17.8 Å². The standard InChI is InChI=1S/C11H14N4O4/c1-4-12-2-5-10(13-4)15-11(14-5)9-8(18)7(17)6(16)3-19-9/h2,6-9,16-18H,3H2,1H3,(H,12,13,14,15)/t6-,7+,8-,9?/m1/s1. The number of aromatic amines is 1. The minimum atomic E-state index is -1.26. The fraction of sp³-hybridized carbons (Fsp3) is 0.545. The van der Waals surface area contributed by atoms with Crippen LogP contribution in [0.25, 0.3) is 11.2 Å². The first kappa shape index (κ1) is 12.4. The molecule has 102 valence electrons. The molecule has 1 aliphatic heterocycles. The van der Waals surface area contributed by atoms with Crippen molar-refractivity contribution in [1.82, 2.24) is 19.9 Å². The maximum absolute atomic E-state index is 9.91. The normalized spacial score (nSPS) is 31.8. The minimum Gasteiger partial charge on any atom is -0.388 e. The van der Waals surface area contributed by atoms with E-state index in [1.54, 1.807) is 13.1 Å². The lowest BCUT2D eigenvalue weighted by atomic mass is 10.00. The summed E-state index contributed by atoms with van der Waals surface area (Å²) in [6.07, 6.45) is -2.85. The predicted molar refractivity (Wildman–Crippen MR) is 63.1 cm³/mol. The number of hydrogen-bond acceptors (Lipinski definition) is 7.